The molecule has 0 aliphatic carbocycles. The molecule has 1 aliphatic rings. The molecule has 0 aromatic heterocycles. The van der Waals surface area contributed by atoms with Gasteiger partial charge in [0.05, 0.1) is 19.1 Å². The smallest absolute Gasteiger partial charge is 0.243 e. The minimum Gasteiger partial charge on any atom is -0.497 e. The Morgan fingerprint density at radius 1 is 1.09 bits per heavy atom. The van der Waals surface area contributed by atoms with Gasteiger partial charge < -0.3 is 10.1 Å². The van der Waals surface area contributed by atoms with Crippen molar-refractivity contribution in [1.29, 1.82) is 0 Å². The highest BCUT2D eigenvalue weighted by molar-refractivity contribution is 7.92. The molecular formula is C24H33N3O4S. The van der Waals surface area contributed by atoms with Gasteiger partial charge in [-0.3, -0.25) is 14.0 Å². The Morgan fingerprint density at radius 3 is 2.38 bits per heavy atom. The second-order valence-electron chi connectivity index (χ2n) is 8.31. The quantitative estimate of drug-likeness (QED) is 0.623. The van der Waals surface area contributed by atoms with Gasteiger partial charge >= 0.3 is 0 Å². The summed E-state index contributed by atoms with van der Waals surface area (Å²) in [5.74, 6) is 0.157. The van der Waals surface area contributed by atoms with E-state index in [2.05, 4.69) is 22.3 Å². The maximum Gasteiger partial charge on any atom is 0.243 e. The highest BCUT2D eigenvalue weighted by atomic mass is 32.2. The number of hydrogen-bond acceptors (Lipinski definition) is 5. The van der Waals surface area contributed by atoms with Gasteiger partial charge in [-0.1, -0.05) is 36.8 Å². The van der Waals surface area contributed by atoms with Crippen LogP contribution in [0.1, 0.15) is 37.3 Å². The molecule has 1 atom stereocenters. The summed E-state index contributed by atoms with van der Waals surface area (Å²) in [5, 5.41) is 2.86. The van der Waals surface area contributed by atoms with Gasteiger partial charge in [0.25, 0.3) is 0 Å². The van der Waals surface area contributed by atoms with Gasteiger partial charge in [0.2, 0.25) is 15.9 Å². The minimum absolute atomic E-state index is 0.336. The van der Waals surface area contributed by atoms with Crippen LogP contribution in [0.2, 0.25) is 0 Å². The van der Waals surface area contributed by atoms with Gasteiger partial charge in [-0.2, -0.15) is 0 Å². The van der Waals surface area contributed by atoms with E-state index in [0.717, 1.165) is 35.8 Å². The third-order valence-electron chi connectivity index (χ3n) is 5.74. The molecule has 2 aromatic carbocycles. The van der Waals surface area contributed by atoms with Crippen LogP contribution in [0.5, 0.6) is 5.75 Å². The molecule has 0 saturated carbocycles. The number of hydrogen-bond donors (Lipinski definition) is 1. The van der Waals surface area contributed by atoms with Crippen molar-refractivity contribution in [3.05, 3.63) is 59.7 Å². The number of benzene rings is 2. The molecule has 8 heteroatoms. The first-order chi connectivity index (χ1) is 15.3. The van der Waals surface area contributed by atoms with E-state index in [9.17, 15) is 13.2 Å². The van der Waals surface area contributed by atoms with Gasteiger partial charge in [-0.15, -0.1) is 0 Å². The molecule has 1 heterocycles. The number of piperidine rings is 1. The molecule has 32 heavy (non-hydrogen) atoms. The number of rotatable bonds is 9. The normalized spacial score (nSPS) is 15.7. The summed E-state index contributed by atoms with van der Waals surface area (Å²) >= 11 is 0. The van der Waals surface area contributed by atoms with Gasteiger partial charge in [-0.25, -0.2) is 8.42 Å². The predicted octanol–water partition coefficient (Wildman–Crippen LogP) is 3.15. The maximum atomic E-state index is 12.8. The van der Waals surface area contributed by atoms with E-state index < -0.39 is 16.1 Å². The van der Waals surface area contributed by atoms with Crippen LogP contribution in [0.4, 0.5) is 5.69 Å². The molecule has 1 N–H and O–H groups in total. The summed E-state index contributed by atoms with van der Waals surface area (Å²) < 4.78 is 31.2. The van der Waals surface area contributed by atoms with E-state index in [1.165, 1.54) is 31.9 Å². The van der Waals surface area contributed by atoms with Crippen LogP contribution >= 0.6 is 0 Å². The van der Waals surface area contributed by atoms with Crippen molar-refractivity contribution in [1.82, 2.24) is 10.2 Å². The number of sulfonamides is 1. The van der Waals surface area contributed by atoms with Gasteiger partial charge in [0.1, 0.15) is 11.8 Å². The summed E-state index contributed by atoms with van der Waals surface area (Å²) in [5.41, 5.74) is 2.62. The standard InChI is InChI=1S/C24H33N3O4S/c1-19(27(32(3,29)30)22-8-7-9-23(16-22)31-2)24(28)25-17-20-10-12-21(13-11-20)18-26-14-5-4-6-15-26/h7-13,16,19H,4-6,14-15,17-18H2,1-3H3,(H,25,28)/t19-/m1/s1. The average molecular weight is 460 g/mol. The molecule has 1 amide bonds. The summed E-state index contributed by atoms with van der Waals surface area (Å²) in [7, 11) is -2.17. The highest BCUT2D eigenvalue weighted by Gasteiger charge is 2.29. The summed E-state index contributed by atoms with van der Waals surface area (Å²) in [4.78, 5) is 15.3. The third kappa shape index (κ3) is 6.46. The van der Waals surface area contributed by atoms with Crippen molar-refractivity contribution in [3.63, 3.8) is 0 Å². The molecule has 2 aromatic rings. The molecule has 0 bridgehead atoms. The highest BCUT2D eigenvalue weighted by Crippen LogP contribution is 2.25. The number of ether oxygens (including phenoxy) is 1. The number of anilines is 1. The molecule has 1 aliphatic heterocycles. The minimum atomic E-state index is -3.68. The molecule has 0 spiro atoms. The fraction of sp³-hybridized carbons (Fsp3) is 0.458. The van der Waals surface area contributed by atoms with E-state index in [-0.39, 0.29) is 5.91 Å². The molecule has 7 nitrogen and oxygen atoms in total. The number of nitrogens with one attached hydrogen (secondary N) is 1. The summed E-state index contributed by atoms with van der Waals surface area (Å²) in [6.45, 7) is 5.17. The topological polar surface area (TPSA) is 79.0 Å². The van der Waals surface area contributed by atoms with Crippen LogP contribution < -0.4 is 14.4 Å². The Balaban J connectivity index is 1.62. The van der Waals surface area contributed by atoms with E-state index >= 15 is 0 Å². The fourth-order valence-electron chi connectivity index (χ4n) is 4.03. The Morgan fingerprint density at radius 2 is 1.75 bits per heavy atom. The molecule has 1 fully saturated rings. The lowest BCUT2D eigenvalue weighted by Crippen LogP contribution is -2.47. The molecule has 0 radical (unpaired) electrons. The second-order valence-corrected chi connectivity index (χ2v) is 10.2. The zero-order valence-corrected chi connectivity index (χ0v) is 19.9. The van der Waals surface area contributed by atoms with E-state index in [0.29, 0.717) is 18.0 Å². The lowest BCUT2D eigenvalue weighted by atomic mass is 10.1. The number of amides is 1. The van der Waals surface area contributed by atoms with Crippen molar-refractivity contribution >= 4 is 21.6 Å². The van der Waals surface area contributed by atoms with E-state index in [4.69, 9.17) is 4.74 Å². The van der Waals surface area contributed by atoms with Crippen molar-refractivity contribution < 1.29 is 17.9 Å². The second kappa shape index (κ2) is 10.8. The lowest BCUT2D eigenvalue weighted by Gasteiger charge is -2.28. The first kappa shape index (κ1) is 24.1. The van der Waals surface area contributed by atoms with Crippen LogP contribution in [0, 0.1) is 0 Å². The Kier molecular flexibility index (Phi) is 8.15. The van der Waals surface area contributed by atoms with Crippen LogP contribution in [0.15, 0.2) is 48.5 Å². The average Bonchev–Trinajstić information content (AvgIpc) is 2.78. The van der Waals surface area contributed by atoms with Gasteiger partial charge in [-0.05, 0) is 56.1 Å². The molecule has 0 unspecified atom stereocenters. The third-order valence-corrected chi connectivity index (χ3v) is 6.98. The summed E-state index contributed by atoms with van der Waals surface area (Å²) in [6, 6.07) is 14.0. The van der Waals surface area contributed by atoms with Crippen LogP contribution in [-0.2, 0) is 27.9 Å². The van der Waals surface area contributed by atoms with E-state index in [1.54, 1.807) is 31.2 Å². The van der Waals surface area contributed by atoms with Crippen LogP contribution in [0.25, 0.3) is 0 Å². The van der Waals surface area contributed by atoms with Crippen LogP contribution in [0.3, 0.4) is 0 Å². The zero-order valence-electron chi connectivity index (χ0n) is 19.1. The zero-order chi connectivity index (χ0) is 23.1. The Bertz CT molecular complexity index is 1000. The largest absolute Gasteiger partial charge is 0.497 e. The predicted molar refractivity (Wildman–Crippen MR) is 127 cm³/mol. The van der Waals surface area contributed by atoms with Crippen LogP contribution in [-0.4, -0.2) is 51.7 Å². The van der Waals surface area contributed by atoms with Crippen molar-refractivity contribution in [2.75, 3.05) is 30.8 Å². The number of likely N-dealkylation sites (tertiary alicyclic amines) is 1. The molecule has 1 saturated heterocycles. The Labute approximate surface area is 191 Å². The maximum absolute atomic E-state index is 12.8. The number of nitrogens with zero attached hydrogens (tertiary/aromatic N) is 2. The first-order valence-corrected chi connectivity index (χ1v) is 12.8. The van der Waals surface area contributed by atoms with Gasteiger partial charge in [0.15, 0.2) is 0 Å². The molecule has 3 rings (SSSR count). The monoisotopic (exact) mass is 459 g/mol. The van der Waals surface area contributed by atoms with Crippen molar-refractivity contribution in [2.24, 2.45) is 0 Å². The van der Waals surface area contributed by atoms with Crippen molar-refractivity contribution in [2.45, 2.75) is 45.3 Å². The number of carbonyl (C=O) groups excluding carboxylic acids is 1. The summed E-state index contributed by atoms with van der Waals surface area (Å²) in [6.07, 6.45) is 4.95. The Hall–Kier alpha value is -2.58. The first-order valence-electron chi connectivity index (χ1n) is 11.0. The van der Waals surface area contributed by atoms with Crippen molar-refractivity contribution in [3.8, 4) is 5.75 Å². The SMILES string of the molecule is COc1cccc(N([C@H](C)C(=O)NCc2ccc(CN3CCCCC3)cc2)S(C)(=O)=O)c1. The molecular weight excluding hydrogens is 426 g/mol. The van der Waals surface area contributed by atoms with E-state index in [1.807, 2.05) is 12.1 Å². The number of methoxy groups -OCH3 is 1. The van der Waals surface area contributed by atoms with Gasteiger partial charge in [0, 0.05) is 19.2 Å². The fourth-order valence-corrected chi connectivity index (χ4v) is 5.20. The number of carbonyl (C=O) groups is 1. The lowest BCUT2D eigenvalue weighted by molar-refractivity contribution is -0.122. The molecule has 174 valence electrons.